The van der Waals surface area contributed by atoms with Crippen LogP contribution in [0.3, 0.4) is 0 Å². The van der Waals surface area contributed by atoms with Crippen molar-refractivity contribution in [3.05, 3.63) is 28.2 Å². The Kier molecular flexibility index (Phi) is 5.67. The molecule has 0 aromatic heterocycles. The molecule has 3 N–H and O–H groups in total. The highest BCUT2D eigenvalue weighted by Gasteiger charge is 2.29. The van der Waals surface area contributed by atoms with Crippen LogP contribution in [0.2, 0.25) is 10.0 Å². The third kappa shape index (κ3) is 4.12. The molecule has 1 fully saturated rings. The fraction of sp³-hybridized carbons (Fsp3) is 0.467. The molecular weight excluding hydrogens is 325 g/mol. The number of benzene rings is 1. The molecule has 2 amide bonds. The van der Waals surface area contributed by atoms with Crippen molar-refractivity contribution in [3.63, 3.8) is 0 Å². The Morgan fingerprint density at radius 2 is 2.14 bits per heavy atom. The van der Waals surface area contributed by atoms with E-state index in [1.54, 1.807) is 25.1 Å². The predicted molar refractivity (Wildman–Crippen MR) is 88.0 cm³/mol. The summed E-state index contributed by atoms with van der Waals surface area (Å²) in [4.78, 5) is 25.7. The zero-order valence-electron chi connectivity index (χ0n) is 12.3. The molecule has 1 aliphatic rings. The Morgan fingerprint density at radius 1 is 1.41 bits per heavy atom. The summed E-state index contributed by atoms with van der Waals surface area (Å²) in [5.74, 6) is -0.691. The monoisotopic (exact) mass is 343 g/mol. The SMILES string of the molecule is C[C@H](C(=O)Nc1cc(Cl)ccc1Cl)N1CCC[C@@H](C(N)=O)C1. The second kappa shape index (κ2) is 7.31. The van der Waals surface area contributed by atoms with Gasteiger partial charge in [0.05, 0.1) is 22.7 Å². The minimum Gasteiger partial charge on any atom is -0.369 e. The van der Waals surface area contributed by atoms with Gasteiger partial charge in [0.2, 0.25) is 11.8 Å². The van der Waals surface area contributed by atoms with Gasteiger partial charge < -0.3 is 11.1 Å². The molecule has 1 aromatic carbocycles. The van der Waals surface area contributed by atoms with Gasteiger partial charge in [-0.1, -0.05) is 23.2 Å². The number of halogens is 2. The molecule has 0 bridgehead atoms. The first-order valence-electron chi connectivity index (χ1n) is 7.17. The van der Waals surface area contributed by atoms with Gasteiger partial charge in [-0.05, 0) is 44.5 Å². The maximum atomic E-state index is 12.4. The highest BCUT2D eigenvalue weighted by Crippen LogP contribution is 2.26. The molecule has 1 heterocycles. The molecule has 2 rings (SSSR count). The number of rotatable bonds is 4. The van der Waals surface area contributed by atoms with E-state index in [1.807, 2.05) is 4.90 Å². The quantitative estimate of drug-likeness (QED) is 0.881. The summed E-state index contributed by atoms with van der Waals surface area (Å²) in [5, 5.41) is 3.71. The normalized spacial score (nSPS) is 20.4. The summed E-state index contributed by atoms with van der Waals surface area (Å²) in [6, 6.07) is 4.52. The molecule has 7 heteroatoms. The molecule has 0 unspecified atom stereocenters. The van der Waals surface area contributed by atoms with Crippen molar-refractivity contribution < 1.29 is 9.59 Å². The van der Waals surface area contributed by atoms with Gasteiger partial charge in [-0.2, -0.15) is 0 Å². The van der Waals surface area contributed by atoms with Crippen LogP contribution in [0.25, 0.3) is 0 Å². The summed E-state index contributed by atoms with van der Waals surface area (Å²) in [5.41, 5.74) is 5.85. The van der Waals surface area contributed by atoms with E-state index in [4.69, 9.17) is 28.9 Å². The average Bonchev–Trinajstić information content (AvgIpc) is 2.50. The molecule has 0 saturated carbocycles. The van der Waals surface area contributed by atoms with Gasteiger partial charge in [0, 0.05) is 11.6 Å². The summed E-state index contributed by atoms with van der Waals surface area (Å²) >= 11 is 12.0. The van der Waals surface area contributed by atoms with Crippen molar-refractivity contribution in [2.45, 2.75) is 25.8 Å². The molecule has 0 aliphatic carbocycles. The molecule has 0 spiro atoms. The van der Waals surface area contributed by atoms with Gasteiger partial charge in [0.15, 0.2) is 0 Å². The number of hydrogen-bond donors (Lipinski definition) is 2. The average molecular weight is 344 g/mol. The first kappa shape index (κ1) is 17.1. The number of carbonyl (C=O) groups excluding carboxylic acids is 2. The highest BCUT2D eigenvalue weighted by atomic mass is 35.5. The fourth-order valence-electron chi connectivity index (χ4n) is 2.59. The van der Waals surface area contributed by atoms with Crippen LogP contribution in [-0.4, -0.2) is 35.8 Å². The number of nitrogens with two attached hydrogens (primary N) is 1. The van der Waals surface area contributed by atoms with Crippen molar-refractivity contribution in [3.8, 4) is 0 Å². The lowest BCUT2D eigenvalue weighted by Crippen LogP contribution is -2.49. The number of nitrogens with zero attached hydrogens (tertiary/aromatic N) is 1. The number of nitrogens with one attached hydrogen (secondary N) is 1. The first-order valence-corrected chi connectivity index (χ1v) is 7.93. The lowest BCUT2D eigenvalue weighted by atomic mass is 9.96. The van der Waals surface area contributed by atoms with Gasteiger partial charge in [0.1, 0.15) is 0 Å². The number of carbonyl (C=O) groups is 2. The van der Waals surface area contributed by atoms with Crippen molar-refractivity contribution in [1.82, 2.24) is 4.90 Å². The standard InChI is InChI=1S/C15H19Cl2N3O2/c1-9(20-6-2-3-10(8-20)14(18)21)15(22)19-13-7-11(16)4-5-12(13)17/h4-5,7,9-10H,2-3,6,8H2,1H3,(H2,18,21)(H,19,22)/t9-,10-/m1/s1. The van der Waals surface area contributed by atoms with Gasteiger partial charge in [0.25, 0.3) is 0 Å². The van der Waals surface area contributed by atoms with E-state index in [1.165, 1.54) is 0 Å². The Labute approximate surface area is 139 Å². The molecule has 5 nitrogen and oxygen atoms in total. The molecule has 1 saturated heterocycles. The van der Waals surface area contributed by atoms with Crippen LogP contribution in [0.4, 0.5) is 5.69 Å². The maximum Gasteiger partial charge on any atom is 0.241 e. The summed E-state index contributed by atoms with van der Waals surface area (Å²) in [6.07, 6.45) is 1.63. The first-order chi connectivity index (χ1) is 10.4. The van der Waals surface area contributed by atoms with Crippen molar-refractivity contribution >= 4 is 40.7 Å². The van der Waals surface area contributed by atoms with Crippen LogP contribution in [0.1, 0.15) is 19.8 Å². The van der Waals surface area contributed by atoms with E-state index < -0.39 is 0 Å². The van der Waals surface area contributed by atoms with Crippen LogP contribution in [-0.2, 0) is 9.59 Å². The number of piperidine rings is 1. The Hall–Kier alpha value is -1.30. The second-order valence-electron chi connectivity index (χ2n) is 5.53. The lowest BCUT2D eigenvalue weighted by molar-refractivity contribution is -0.127. The summed E-state index contributed by atoms with van der Waals surface area (Å²) < 4.78 is 0. The third-order valence-electron chi connectivity index (χ3n) is 3.97. The summed E-state index contributed by atoms with van der Waals surface area (Å²) in [6.45, 7) is 3.08. The van der Waals surface area contributed by atoms with E-state index in [0.29, 0.717) is 22.3 Å². The molecule has 2 atom stereocenters. The number of likely N-dealkylation sites (tertiary alicyclic amines) is 1. The van der Waals surface area contributed by atoms with E-state index in [2.05, 4.69) is 5.32 Å². The molecule has 1 aromatic rings. The van der Waals surface area contributed by atoms with E-state index in [-0.39, 0.29) is 23.8 Å². The van der Waals surface area contributed by atoms with Gasteiger partial charge in [-0.25, -0.2) is 0 Å². The largest absolute Gasteiger partial charge is 0.369 e. The zero-order valence-corrected chi connectivity index (χ0v) is 13.8. The number of amides is 2. The minimum absolute atomic E-state index is 0.186. The van der Waals surface area contributed by atoms with Crippen molar-refractivity contribution in [1.29, 1.82) is 0 Å². The Bertz CT molecular complexity index is 580. The fourth-order valence-corrected chi connectivity index (χ4v) is 2.92. The van der Waals surface area contributed by atoms with Gasteiger partial charge in [-0.15, -0.1) is 0 Å². The smallest absolute Gasteiger partial charge is 0.241 e. The molecule has 1 aliphatic heterocycles. The predicted octanol–water partition coefficient (Wildman–Crippen LogP) is 2.52. The third-order valence-corrected chi connectivity index (χ3v) is 4.53. The van der Waals surface area contributed by atoms with Gasteiger partial charge in [-0.3, -0.25) is 14.5 Å². The van der Waals surface area contributed by atoms with Crippen molar-refractivity contribution in [2.75, 3.05) is 18.4 Å². The molecule has 22 heavy (non-hydrogen) atoms. The molecular formula is C15H19Cl2N3O2. The van der Waals surface area contributed by atoms with Crippen LogP contribution < -0.4 is 11.1 Å². The van der Waals surface area contributed by atoms with E-state index >= 15 is 0 Å². The Balaban J connectivity index is 2.02. The zero-order chi connectivity index (χ0) is 16.3. The van der Waals surface area contributed by atoms with E-state index in [9.17, 15) is 9.59 Å². The Morgan fingerprint density at radius 3 is 2.82 bits per heavy atom. The lowest BCUT2D eigenvalue weighted by Gasteiger charge is -2.34. The number of hydrogen-bond acceptors (Lipinski definition) is 3. The van der Waals surface area contributed by atoms with E-state index in [0.717, 1.165) is 19.4 Å². The number of anilines is 1. The highest BCUT2D eigenvalue weighted by molar-refractivity contribution is 6.35. The van der Waals surface area contributed by atoms with Crippen molar-refractivity contribution in [2.24, 2.45) is 11.7 Å². The van der Waals surface area contributed by atoms with Crippen LogP contribution >= 0.6 is 23.2 Å². The minimum atomic E-state index is -0.378. The summed E-state index contributed by atoms with van der Waals surface area (Å²) in [7, 11) is 0. The number of primary amides is 1. The maximum absolute atomic E-state index is 12.4. The topological polar surface area (TPSA) is 75.4 Å². The van der Waals surface area contributed by atoms with Crippen LogP contribution in [0, 0.1) is 5.92 Å². The second-order valence-corrected chi connectivity index (χ2v) is 6.37. The van der Waals surface area contributed by atoms with Crippen LogP contribution in [0.5, 0.6) is 0 Å². The van der Waals surface area contributed by atoms with Gasteiger partial charge >= 0.3 is 0 Å². The molecule has 120 valence electrons. The van der Waals surface area contributed by atoms with Crippen LogP contribution in [0.15, 0.2) is 18.2 Å². The molecule has 0 radical (unpaired) electrons.